The topological polar surface area (TPSA) is 84.1 Å². The van der Waals surface area contributed by atoms with E-state index in [1.165, 1.54) is 4.90 Å². The second-order valence-corrected chi connectivity index (χ2v) is 4.72. The van der Waals surface area contributed by atoms with Crippen molar-refractivity contribution >= 4 is 17.7 Å². The summed E-state index contributed by atoms with van der Waals surface area (Å²) in [7, 11) is 0. The Labute approximate surface area is 119 Å². The number of hydrogen-bond donors (Lipinski definition) is 2. The Morgan fingerprint density at radius 1 is 1.52 bits per heavy atom. The predicted octanol–water partition coefficient (Wildman–Crippen LogP) is 1.38. The maximum atomic E-state index is 12.9. The number of amides is 1. The van der Waals surface area contributed by atoms with Crippen molar-refractivity contribution in [3.63, 3.8) is 0 Å². The van der Waals surface area contributed by atoms with Gasteiger partial charge in [-0.3, -0.25) is 4.79 Å². The Morgan fingerprint density at radius 2 is 2.24 bits per heavy atom. The fourth-order valence-corrected chi connectivity index (χ4v) is 2.30. The van der Waals surface area contributed by atoms with Crippen LogP contribution in [0.25, 0.3) is 0 Å². The molecule has 0 saturated carbocycles. The van der Waals surface area contributed by atoms with Crippen molar-refractivity contribution in [2.24, 2.45) is 5.73 Å². The first-order valence-corrected chi connectivity index (χ1v) is 6.59. The van der Waals surface area contributed by atoms with Crippen LogP contribution in [0, 0.1) is 0 Å². The van der Waals surface area contributed by atoms with E-state index < -0.39 is 23.8 Å². The number of alkyl halides is 3. The number of aromatic nitrogens is 2. The largest absolute Gasteiger partial charge is 0.433 e. The summed E-state index contributed by atoms with van der Waals surface area (Å²) in [6.07, 6.45) is -3.39. The molecule has 1 aromatic rings. The van der Waals surface area contributed by atoms with E-state index >= 15 is 0 Å². The van der Waals surface area contributed by atoms with Gasteiger partial charge in [0.2, 0.25) is 11.9 Å². The third kappa shape index (κ3) is 3.34. The van der Waals surface area contributed by atoms with E-state index in [1.54, 1.807) is 6.92 Å². The molecule has 9 heteroatoms. The number of nitrogens with zero attached hydrogens (tertiary/aromatic N) is 3. The molecule has 3 N–H and O–H groups in total. The van der Waals surface area contributed by atoms with Crippen LogP contribution in [0.1, 0.15) is 25.5 Å². The van der Waals surface area contributed by atoms with Crippen LogP contribution in [0.3, 0.4) is 0 Å². The van der Waals surface area contributed by atoms with Crippen molar-refractivity contribution in [1.82, 2.24) is 9.97 Å². The van der Waals surface area contributed by atoms with Crippen molar-refractivity contribution < 1.29 is 18.0 Å². The van der Waals surface area contributed by atoms with Gasteiger partial charge in [0.05, 0.1) is 0 Å². The zero-order chi connectivity index (χ0) is 15.6. The first-order chi connectivity index (χ1) is 9.82. The molecule has 1 aliphatic rings. The van der Waals surface area contributed by atoms with E-state index in [2.05, 4.69) is 15.3 Å². The predicted molar refractivity (Wildman–Crippen MR) is 70.8 cm³/mol. The lowest BCUT2D eigenvalue weighted by Gasteiger charge is -2.24. The molecule has 1 aromatic heterocycles. The Kier molecular flexibility index (Phi) is 4.19. The van der Waals surface area contributed by atoms with Gasteiger partial charge in [0.1, 0.15) is 11.9 Å². The SMILES string of the molecule is CCNc1nc(N2CCCC2C(N)=O)cc(C(F)(F)F)n1. The van der Waals surface area contributed by atoms with E-state index in [1.807, 2.05) is 0 Å². The van der Waals surface area contributed by atoms with E-state index in [4.69, 9.17) is 5.73 Å². The summed E-state index contributed by atoms with van der Waals surface area (Å²) in [5.41, 5.74) is 4.24. The van der Waals surface area contributed by atoms with Crippen molar-refractivity contribution in [1.29, 1.82) is 0 Å². The third-order valence-electron chi connectivity index (χ3n) is 3.21. The molecule has 6 nitrogen and oxygen atoms in total. The molecule has 0 radical (unpaired) electrons. The lowest BCUT2D eigenvalue weighted by Crippen LogP contribution is -2.41. The molecule has 2 rings (SSSR count). The lowest BCUT2D eigenvalue weighted by atomic mass is 10.2. The molecular formula is C12H16F3N5O. The summed E-state index contributed by atoms with van der Waals surface area (Å²) < 4.78 is 38.7. The second-order valence-electron chi connectivity index (χ2n) is 4.72. The number of nitrogens with one attached hydrogen (secondary N) is 1. The molecule has 2 heterocycles. The Balaban J connectivity index is 2.42. The normalized spacial score (nSPS) is 18.9. The molecule has 0 aromatic carbocycles. The molecule has 21 heavy (non-hydrogen) atoms. The molecule has 0 bridgehead atoms. The number of halogens is 3. The summed E-state index contributed by atoms with van der Waals surface area (Å²) in [6.45, 7) is 2.55. The highest BCUT2D eigenvalue weighted by atomic mass is 19.4. The lowest BCUT2D eigenvalue weighted by molar-refractivity contribution is -0.141. The van der Waals surface area contributed by atoms with Crippen LogP contribution < -0.4 is 16.0 Å². The van der Waals surface area contributed by atoms with Crippen LogP contribution in [0.2, 0.25) is 0 Å². The van der Waals surface area contributed by atoms with Crippen LogP contribution >= 0.6 is 0 Å². The third-order valence-corrected chi connectivity index (χ3v) is 3.21. The average Bonchev–Trinajstić information content (AvgIpc) is 2.87. The number of hydrogen-bond acceptors (Lipinski definition) is 5. The minimum Gasteiger partial charge on any atom is -0.368 e. The zero-order valence-corrected chi connectivity index (χ0v) is 11.4. The number of rotatable bonds is 4. The maximum absolute atomic E-state index is 12.9. The van der Waals surface area contributed by atoms with Crippen LogP contribution in [0.15, 0.2) is 6.07 Å². The van der Waals surface area contributed by atoms with Gasteiger partial charge in [0.25, 0.3) is 0 Å². The van der Waals surface area contributed by atoms with Gasteiger partial charge in [-0.2, -0.15) is 18.2 Å². The van der Waals surface area contributed by atoms with Gasteiger partial charge in [-0.1, -0.05) is 0 Å². The van der Waals surface area contributed by atoms with Gasteiger partial charge in [-0.25, -0.2) is 4.98 Å². The molecule has 1 fully saturated rings. The second kappa shape index (κ2) is 5.74. The van der Waals surface area contributed by atoms with E-state index in [9.17, 15) is 18.0 Å². The molecule has 1 saturated heterocycles. The van der Waals surface area contributed by atoms with E-state index in [0.717, 1.165) is 6.07 Å². The summed E-state index contributed by atoms with van der Waals surface area (Å²) in [5.74, 6) is -0.614. The number of primary amides is 1. The first-order valence-electron chi connectivity index (χ1n) is 6.59. The summed E-state index contributed by atoms with van der Waals surface area (Å²) in [6, 6.07) is 0.220. The Bertz CT molecular complexity index is 534. The van der Waals surface area contributed by atoms with Gasteiger partial charge in [0.15, 0.2) is 5.69 Å². The number of anilines is 2. The van der Waals surface area contributed by atoms with Crippen molar-refractivity contribution in [2.75, 3.05) is 23.3 Å². The quantitative estimate of drug-likeness (QED) is 0.878. The maximum Gasteiger partial charge on any atom is 0.433 e. The van der Waals surface area contributed by atoms with Crippen LogP contribution in [0.4, 0.5) is 24.9 Å². The molecule has 116 valence electrons. The fourth-order valence-electron chi connectivity index (χ4n) is 2.30. The van der Waals surface area contributed by atoms with Crippen LogP contribution in [0.5, 0.6) is 0 Å². The Morgan fingerprint density at radius 3 is 2.81 bits per heavy atom. The van der Waals surface area contributed by atoms with Gasteiger partial charge < -0.3 is 16.0 Å². The fraction of sp³-hybridized carbons (Fsp3) is 0.583. The highest BCUT2D eigenvalue weighted by Gasteiger charge is 2.36. The smallest absolute Gasteiger partial charge is 0.368 e. The molecule has 1 unspecified atom stereocenters. The molecular weight excluding hydrogens is 287 g/mol. The van der Waals surface area contributed by atoms with Crippen molar-refractivity contribution in [3.05, 3.63) is 11.8 Å². The first kappa shape index (κ1) is 15.3. The van der Waals surface area contributed by atoms with Crippen molar-refractivity contribution in [3.8, 4) is 0 Å². The highest BCUT2D eigenvalue weighted by Crippen LogP contribution is 2.32. The molecule has 1 atom stereocenters. The number of nitrogens with two attached hydrogens (primary N) is 1. The molecule has 1 aliphatic heterocycles. The minimum atomic E-state index is -4.58. The van der Waals surface area contributed by atoms with Gasteiger partial charge >= 0.3 is 6.18 Å². The number of carbonyl (C=O) groups excluding carboxylic acids is 1. The summed E-state index contributed by atoms with van der Waals surface area (Å²) in [4.78, 5) is 20.4. The molecule has 1 amide bonds. The standard InChI is InChI=1S/C12H16F3N5O/c1-2-17-11-18-8(12(13,14)15)6-9(19-11)20-5-3-4-7(20)10(16)21/h6-7H,2-5H2,1H3,(H2,16,21)(H,17,18,19). The summed E-state index contributed by atoms with van der Waals surface area (Å²) in [5, 5.41) is 2.66. The van der Waals surface area contributed by atoms with E-state index in [-0.39, 0.29) is 11.8 Å². The van der Waals surface area contributed by atoms with Gasteiger partial charge in [-0.05, 0) is 19.8 Å². The van der Waals surface area contributed by atoms with E-state index in [0.29, 0.717) is 25.9 Å². The zero-order valence-electron chi connectivity index (χ0n) is 11.4. The molecule has 0 spiro atoms. The average molecular weight is 303 g/mol. The summed E-state index contributed by atoms with van der Waals surface area (Å²) >= 11 is 0. The highest BCUT2D eigenvalue weighted by molar-refractivity contribution is 5.84. The Hall–Kier alpha value is -2.06. The minimum absolute atomic E-state index is 0.0644. The van der Waals surface area contributed by atoms with Crippen molar-refractivity contribution in [2.45, 2.75) is 32.0 Å². The number of carbonyl (C=O) groups is 1. The van der Waals surface area contributed by atoms with Gasteiger partial charge in [0, 0.05) is 19.2 Å². The van der Waals surface area contributed by atoms with Gasteiger partial charge in [-0.15, -0.1) is 0 Å². The van der Waals surface area contributed by atoms with Crippen LogP contribution in [-0.2, 0) is 11.0 Å². The monoisotopic (exact) mass is 303 g/mol. The van der Waals surface area contributed by atoms with Crippen LogP contribution in [-0.4, -0.2) is 35.0 Å². The molecule has 0 aliphatic carbocycles.